The third kappa shape index (κ3) is 3.42. The van der Waals surface area contributed by atoms with Crippen LogP contribution in [-0.4, -0.2) is 25.1 Å². The standard InChI is InChI=1S/C17H20N4S/c1-20-13-14(11-19-20)7-6-10-22-17-18-12-16(21(17)2)15-8-4-3-5-9-15/h3-5,8-9,11-13H,6-7,10H2,1-2H3. The fraction of sp³-hybridized carbons (Fsp3) is 0.294. The predicted molar refractivity (Wildman–Crippen MR) is 90.9 cm³/mol. The van der Waals surface area contributed by atoms with Crippen LogP contribution in [0.3, 0.4) is 0 Å². The molecule has 0 saturated heterocycles. The van der Waals surface area contributed by atoms with Crippen LogP contribution in [0.2, 0.25) is 0 Å². The highest BCUT2D eigenvalue weighted by molar-refractivity contribution is 7.99. The average Bonchev–Trinajstić information content (AvgIpc) is 3.11. The first-order valence-electron chi connectivity index (χ1n) is 7.41. The largest absolute Gasteiger partial charge is 0.322 e. The molecule has 114 valence electrons. The van der Waals surface area contributed by atoms with E-state index in [-0.39, 0.29) is 0 Å². The van der Waals surface area contributed by atoms with Gasteiger partial charge < -0.3 is 4.57 Å². The summed E-state index contributed by atoms with van der Waals surface area (Å²) in [5, 5.41) is 5.27. The van der Waals surface area contributed by atoms with Crippen LogP contribution in [0.5, 0.6) is 0 Å². The Kier molecular flexibility index (Phi) is 4.63. The number of imidazole rings is 1. The molecule has 2 heterocycles. The van der Waals surface area contributed by atoms with Gasteiger partial charge in [-0.3, -0.25) is 4.68 Å². The summed E-state index contributed by atoms with van der Waals surface area (Å²) >= 11 is 1.81. The number of benzene rings is 1. The van der Waals surface area contributed by atoms with Gasteiger partial charge in [0.05, 0.1) is 18.1 Å². The number of hydrogen-bond donors (Lipinski definition) is 0. The second-order valence-corrected chi connectivity index (χ2v) is 6.39. The lowest BCUT2D eigenvalue weighted by atomic mass is 10.2. The van der Waals surface area contributed by atoms with Gasteiger partial charge in [-0.05, 0) is 24.0 Å². The van der Waals surface area contributed by atoms with E-state index in [1.807, 2.05) is 42.0 Å². The summed E-state index contributed by atoms with van der Waals surface area (Å²) in [4.78, 5) is 4.55. The van der Waals surface area contributed by atoms with Crippen LogP contribution in [0, 0.1) is 0 Å². The molecule has 2 aromatic heterocycles. The summed E-state index contributed by atoms with van der Waals surface area (Å²) in [6, 6.07) is 10.4. The molecule has 3 rings (SSSR count). The fourth-order valence-corrected chi connectivity index (χ4v) is 3.34. The van der Waals surface area contributed by atoms with Crippen molar-refractivity contribution >= 4 is 11.8 Å². The van der Waals surface area contributed by atoms with Crippen LogP contribution in [0.1, 0.15) is 12.0 Å². The average molecular weight is 312 g/mol. The van der Waals surface area contributed by atoms with Gasteiger partial charge in [0.15, 0.2) is 5.16 Å². The lowest BCUT2D eigenvalue weighted by molar-refractivity contribution is 0.766. The molecule has 0 saturated carbocycles. The predicted octanol–water partition coefficient (Wildman–Crippen LogP) is 3.55. The third-order valence-corrected chi connectivity index (χ3v) is 4.74. The number of hydrogen-bond acceptors (Lipinski definition) is 3. The van der Waals surface area contributed by atoms with E-state index in [1.54, 1.807) is 0 Å². The second-order valence-electron chi connectivity index (χ2n) is 5.33. The second kappa shape index (κ2) is 6.83. The van der Waals surface area contributed by atoms with Gasteiger partial charge in [0, 0.05) is 26.0 Å². The van der Waals surface area contributed by atoms with Gasteiger partial charge in [0.2, 0.25) is 0 Å². The van der Waals surface area contributed by atoms with E-state index < -0.39 is 0 Å². The molecule has 0 amide bonds. The van der Waals surface area contributed by atoms with Crippen LogP contribution >= 0.6 is 11.8 Å². The van der Waals surface area contributed by atoms with Crippen molar-refractivity contribution in [1.29, 1.82) is 0 Å². The van der Waals surface area contributed by atoms with Gasteiger partial charge in [-0.25, -0.2) is 4.98 Å². The monoisotopic (exact) mass is 312 g/mol. The zero-order chi connectivity index (χ0) is 15.4. The molecule has 0 aliphatic rings. The van der Waals surface area contributed by atoms with E-state index in [0.29, 0.717) is 0 Å². The zero-order valence-electron chi connectivity index (χ0n) is 12.9. The van der Waals surface area contributed by atoms with Gasteiger partial charge in [-0.2, -0.15) is 5.10 Å². The van der Waals surface area contributed by atoms with E-state index in [2.05, 4.69) is 52.2 Å². The minimum atomic E-state index is 1.06. The summed E-state index contributed by atoms with van der Waals surface area (Å²) < 4.78 is 4.03. The normalized spacial score (nSPS) is 11.0. The maximum atomic E-state index is 4.55. The maximum Gasteiger partial charge on any atom is 0.168 e. The van der Waals surface area contributed by atoms with Crippen LogP contribution in [0.4, 0.5) is 0 Å². The number of rotatable bonds is 6. The molecule has 0 spiro atoms. The van der Waals surface area contributed by atoms with Gasteiger partial charge >= 0.3 is 0 Å². The lowest BCUT2D eigenvalue weighted by Crippen LogP contribution is -1.95. The summed E-state index contributed by atoms with van der Waals surface area (Å²) in [5.74, 6) is 1.06. The fourth-order valence-electron chi connectivity index (χ4n) is 2.44. The Bertz CT molecular complexity index is 730. The highest BCUT2D eigenvalue weighted by atomic mass is 32.2. The van der Waals surface area contributed by atoms with Crippen LogP contribution < -0.4 is 0 Å². The van der Waals surface area contributed by atoms with Crippen molar-refractivity contribution in [3.05, 3.63) is 54.5 Å². The number of aryl methyl sites for hydroxylation is 2. The van der Waals surface area contributed by atoms with Crippen molar-refractivity contribution in [3.8, 4) is 11.3 Å². The molecule has 0 unspecified atom stereocenters. The Labute approximate surface area is 135 Å². The Morgan fingerprint density at radius 2 is 1.91 bits per heavy atom. The highest BCUT2D eigenvalue weighted by Gasteiger charge is 2.08. The van der Waals surface area contributed by atoms with Crippen molar-refractivity contribution in [3.63, 3.8) is 0 Å². The minimum absolute atomic E-state index is 1.06. The Morgan fingerprint density at radius 3 is 2.64 bits per heavy atom. The van der Waals surface area contributed by atoms with Gasteiger partial charge in [-0.15, -0.1) is 0 Å². The first-order valence-corrected chi connectivity index (χ1v) is 8.40. The first kappa shape index (κ1) is 14.9. The molecule has 0 aliphatic carbocycles. The van der Waals surface area contributed by atoms with Crippen molar-refractivity contribution in [1.82, 2.24) is 19.3 Å². The van der Waals surface area contributed by atoms with Crippen LogP contribution in [0.25, 0.3) is 11.3 Å². The van der Waals surface area contributed by atoms with E-state index in [1.165, 1.54) is 11.1 Å². The highest BCUT2D eigenvalue weighted by Crippen LogP contribution is 2.25. The number of aromatic nitrogens is 4. The molecule has 0 fully saturated rings. The van der Waals surface area contributed by atoms with Crippen LogP contribution in [-0.2, 0) is 20.5 Å². The molecule has 0 aliphatic heterocycles. The first-order chi connectivity index (χ1) is 10.7. The Hall–Kier alpha value is -2.01. The number of thioether (sulfide) groups is 1. The quantitative estimate of drug-likeness (QED) is 0.516. The van der Waals surface area contributed by atoms with Crippen molar-refractivity contribution in [2.45, 2.75) is 18.0 Å². The molecule has 4 nitrogen and oxygen atoms in total. The topological polar surface area (TPSA) is 35.6 Å². The zero-order valence-corrected chi connectivity index (χ0v) is 13.8. The summed E-state index contributed by atoms with van der Waals surface area (Å²) in [6.07, 6.45) is 8.18. The molecular weight excluding hydrogens is 292 g/mol. The van der Waals surface area contributed by atoms with E-state index in [4.69, 9.17) is 0 Å². The summed E-state index contributed by atoms with van der Waals surface area (Å²) in [6.45, 7) is 0. The molecule has 0 N–H and O–H groups in total. The Morgan fingerprint density at radius 1 is 1.09 bits per heavy atom. The van der Waals surface area contributed by atoms with Crippen molar-refractivity contribution < 1.29 is 0 Å². The van der Waals surface area contributed by atoms with Gasteiger partial charge in [-0.1, -0.05) is 42.1 Å². The molecule has 0 radical (unpaired) electrons. The smallest absolute Gasteiger partial charge is 0.168 e. The van der Waals surface area contributed by atoms with Crippen molar-refractivity contribution in [2.24, 2.45) is 14.1 Å². The molecule has 0 bridgehead atoms. The van der Waals surface area contributed by atoms with E-state index in [9.17, 15) is 0 Å². The third-order valence-electron chi connectivity index (χ3n) is 3.61. The van der Waals surface area contributed by atoms with Crippen LogP contribution in [0.15, 0.2) is 54.1 Å². The summed E-state index contributed by atoms with van der Waals surface area (Å²) in [7, 11) is 4.04. The number of nitrogens with zero attached hydrogens (tertiary/aromatic N) is 4. The van der Waals surface area contributed by atoms with E-state index >= 15 is 0 Å². The molecule has 5 heteroatoms. The summed E-state index contributed by atoms with van der Waals surface area (Å²) in [5.41, 5.74) is 3.67. The SMILES string of the molecule is Cn1cc(CCCSc2ncc(-c3ccccc3)n2C)cn1. The minimum Gasteiger partial charge on any atom is -0.322 e. The molecular formula is C17H20N4S. The van der Waals surface area contributed by atoms with Gasteiger partial charge in [0.1, 0.15) is 0 Å². The lowest BCUT2D eigenvalue weighted by Gasteiger charge is -2.05. The molecule has 1 aromatic carbocycles. The molecule has 22 heavy (non-hydrogen) atoms. The molecule has 0 atom stereocenters. The molecule has 3 aromatic rings. The van der Waals surface area contributed by atoms with Gasteiger partial charge in [0.25, 0.3) is 0 Å². The van der Waals surface area contributed by atoms with E-state index in [0.717, 1.165) is 29.4 Å². The van der Waals surface area contributed by atoms with Crippen molar-refractivity contribution in [2.75, 3.05) is 5.75 Å². The maximum absolute atomic E-state index is 4.55. The Balaban J connectivity index is 1.56.